The van der Waals surface area contributed by atoms with Crippen LogP contribution in [0.3, 0.4) is 0 Å². The monoisotopic (exact) mass is 531 g/mol. The van der Waals surface area contributed by atoms with Crippen LogP contribution in [0.2, 0.25) is 0 Å². The molecule has 5 rings (SSSR count). The van der Waals surface area contributed by atoms with Crippen LogP contribution in [0.5, 0.6) is 0 Å². The van der Waals surface area contributed by atoms with Gasteiger partial charge >= 0.3 is 0 Å². The molecule has 0 bridgehead atoms. The maximum absolute atomic E-state index is 12.3. The Kier molecular flexibility index (Phi) is 7.61. The van der Waals surface area contributed by atoms with Crippen LogP contribution in [-0.4, -0.2) is 56.5 Å². The normalized spacial score (nSPS) is 32.0. The minimum absolute atomic E-state index is 0.198. The maximum Gasteiger partial charge on any atom is 0.156 e. The van der Waals surface area contributed by atoms with Crippen molar-refractivity contribution in [3.8, 4) is 11.8 Å². The first-order valence-corrected chi connectivity index (χ1v) is 14.6. The van der Waals surface area contributed by atoms with Gasteiger partial charge in [0.15, 0.2) is 5.78 Å². The highest BCUT2D eigenvalue weighted by atomic mass is 16.5. The molecule has 0 aliphatic heterocycles. The number of ether oxygens (including phenoxy) is 2. The van der Waals surface area contributed by atoms with Crippen molar-refractivity contribution in [3.05, 3.63) is 52.6 Å². The standard InChI is InChI=1S/C34H45NO4/c1-32(2,39-6)17-18-34(37)16-15-30-28-13-9-24-21-26(36)12-14-27(24)31(28)29(22-33(30,34)3)23-7-10-25(11-8-23)35(4)19-20-38-5/h7-8,10-11,21,28-30,37H,9,12-16,19-20,22H2,1-6H3/t28-,29+,30?,33-,34+/m0/s1. The zero-order valence-corrected chi connectivity index (χ0v) is 24.6. The molecule has 2 saturated carbocycles. The molecule has 5 heteroatoms. The number of anilines is 1. The molecule has 1 N–H and O–H groups in total. The van der Waals surface area contributed by atoms with Crippen LogP contribution >= 0.6 is 0 Å². The van der Waals surface area contributed by atoms with Crippen molar-refractivity contribution in [1.29, 1.82) is 0 Å². The first-order valence-electron chi connectivity index (χ1n) is 14.6. The third-order valence-corrected chi connectivity index (χ3v) is 10.3. The summed E-state index contributed by atoms with van der Waals surface area (Å²) in [6.45, 7) is 7.72. The maximum atomic E-state index is 12.3. The summed E-state index contributed by atoms with van der Waals surface area (Å²) in [6, 6.07) is 8.98. The van der Waals surface area contributed by atoms with Crippen LogP contribution in [0.25, 0.3) is 0 Å². The number of carbonyl (C=O) groups excluding carboxylic acids is 1. The van der Waals surface area contributed by atoms with Crippen molar-refractivity contribution in [2.75, 3.05) is 39.3 Å². The van der Waals surface area contributed by atoms with Crippen LogP contribution in [-0.2, 0) is 14.3 Å². The van der Waals surface area contributed by atoms with E-state index in [2.05, 4.69) is 55.0 Å². The number of methoxy groups -OCH3 is 2. The first kappa shape index (κ1) is 28.1. The van der Waals surface area contributed by atoms with Crippen LogP contribution in [0, 0.1) is 29.1 Å². The molecule has 0 saturated heterocycles. The largest absolute Gasteiger partial charge is 0.383 e. The molecule has 0 aromatic heterocycles. The number of fused-ring (bicyclic) bond motifs is 4. The molecule has 0 spiro atoms. The van der Waals surface area contributed by atoms with E-state index in [1.54, 1.807) is 14.2 Å². The van der Waals surface area contributed by atoms with E-state index in [4.69, 9.17) is 9.47 Å². The Morgan fingerprint density at radius 2 is 1.87 bits per heavy atom. The molecule has 1 unspecified atom stereocenters. The van der Waals surface area contributed by atoms with Crippen molar-refractivity contribution in [1.82, 2.24) is 0 Å². The van der Waals surface area contributed by atoms with Crippen LogP contribution < -0.4 is 4.90 Å². The van der Waals surface area contributed by atoms with Crippen molar-refractivity contribution >= 4 is 11.5 Å². The second-order valence-corrected chi connectivity index (χ2v) is 12.9. The van der Waals surface area contributed by atoms with Crippen molar-refractivity contribution in [2.24, 2.45) is 17.3 Å². The molecule has 0 amide bonds. The summed E-state index contributed by atoms with van der Waals surface area (Å²) >= 11 is 0. The number of ketones is 1. The fourth-order valence-electron chi connectivity index (χ4n) is 7.79. The average molecular weight is 532 g/mol. The Labute approximate surface area is 234 Å². The summed E-state index contributed by atoms with van der Waals surface area (Å²) in [5, 5.41) is 12.2. The van der Waals surface area contributed by atoms with Crippen LogP contribution in [0.15, 0.2) is 47.1 Å². The second kappa shape index (κ2) is 10.5. The third kappa shape index (κ3) is 5.01. The summed E-state index contributed by atoms with van der Waals surface area (Å²) < 4.78 is 10.8. The predicted octanol–water partition coefficient (Wildman–Crippen LogP) is 5.83. The third-order valence-electron chi connectivity index (χ3n) is 10.3. The Hall–Kier alpha value is -2.39. The molecule has 1 aromatic carbocycles. The average Bonchev–Trinajstić information content (AvgIpc) is 3.20. The van der Waals surface area contributed by atoms with Gasteiger partial charge in [0.25, 0.3) is 0 Å². The molecule has 39 heavy (non-hydrogen) atoms. The van der Waals surface area contributed by atoms with Gasteiger partial charge in [-0.25, -0.2) is 0 Å². The number of nitrogens with zero attached hydrogens (tertiary/aromatic N) is 1. The number of carbonyl (C=O) groups is 1. The molecule has 4 aliphatic rings. The van der Waals surface area contributed by atoms with E-state index in [1.165, 1.54) is 28.0 Å². The van der Waals surface area contributed by atoms with Gasteiger partial charge in [-0.2, -0.15) is 0 Å². The Balaban J connectivity index is 1.58. The molecular formula is C34H45NO4. The van der Waals surface area contributed by atoms with Gasteiger partial charge in [0.1, 0.15) is 11.2 Å². The number of allylic oxidation sites excluding steroid dienone is 4. The molecule has 210 valence electrons. The molecular weight excluding hydrogens is 486 g/mol. The fraction of sp³-hybridized carbons (Fsp3) is 0.618. The lowest BCUT2D eigenvalue weighted by atomic mass is 9.51. The molecule has 0 heterocycles. The van der Waals surface area contributed by atoms with Crippen LogP contribution in [0.4, 0.5) is 5.69 Å². The molecule has 1 aromatic rings. The van der Waals surface area contributed by atoms with Gasteiger partial charge in [0.2, 0.25) is 0 Å². The SMILES string of the molecule is COCCN(C)c1ccc([C@H]2C[C@@]3(C)C(CC[C@@]3(O)C#CC(C)(C)OC)[C@@H]3CCC4=CC(=O)CCC4=C32)cc1. The van der Waals surface area contributed by atoms with E-state index in [-0.39, 0.29) is 17.1 Å². The minimum Gasteiger partial charge on any atom is -0.383 e. The number of rotatable bonds is 6. The number of benzene rings is 1. The Bertz CT molecular complexity index is 1230. The summed E-state index contributed by atoms with van der Waals surface area (Å²) in [5.41, 5.74) is 4.71. The summed E-state index contributed by atoms with van der Waals surface area (Å²) in [5.74, 6) is 7.86. The van der Waals surface area contributed by atoms with Gasteiger partial charge in [-0.05, 0) is 99.1 Å². The number of aliphatic hydroxyl groups is 1. The van der Waals surface area contributed by atoms with Gasteiger partial charge in [-0.1, -0.05) is 36.5 Å². The summed E-state index contributed by atoms with van der Waals surface area (Å²) in [4.78, 5) is 14.5. The van der Waals surface area contributed by atoms with E-state index < -0.39 is 11.2 Å². The lowest BCUT2D eigenvalue weighted by molar-refractivity contribution is -0.114. The number of hydrogen-bond donors (Lipinski definition) is 1. The zero-order valence-electron chi connectivity index (χ0n) is 24.6. The van der Waals surface area contributed by atoms with Crippen molar-refractivity contribution in [3.63, 3.8) is 0 Å². The van der Waals surface area contributed by atoms with Crippen molar-refractivity contribution < 1.29 is 19.4 Å². The predicted molar refractivity (Wildman–Crippen MR) is 156 cm³/mol. The molecule has 0 radical (unpaired) electrons. The molecule has 4 aliphatic carbocycles. The first-order chi connectivity index (χ1) is 18.5. The van der Waals surface area contributed by atoms with Gasteiger partial charge < -0.3 is 19.5 Å². The van der Waals surface area contributed by atoms with E-state index in [0.717, 1.165) is 38.6 Å². The molecule has 5 nitrogen and oxygen atoms in total. The summed E-state index contributed by atoms with van der Waals surface area (Å²) in [7, 11) is 5.50. The van der Waals surface area contributed by atoms with E-state index >= 15 is 0 Å². The highest BCUT2D eigenvalue weighted by molar-refractivity contribution is 5.93. The van der Waals surface area contributed by atoms with Gasteiger partial charge in [-0.15, -0.1) is 0 Å². The second-order valence-electron chi connectivity index (χ2n) is 12.9. The molecule has 2 fully saturated rings. The lowest BCUT2D eigenvalue weighted by Gasteiger charge is -2.53. The zero-order chi connectivity index (χ0) is 28.0. The minimum atomic E-state index is -1.05. The highest BCUT2D eigenvalue weighted by Gasteiger charge is 2.62. The van der Waals surface area contributed by atoms with Crippen LogP contribution in [0.1, 0.15) is 77.2 Å². The van der Waals surface area contributed by atoms with E-state index in [0.29, 0.717) is 31.3 Å². The van der Waals surface area contributed by atoms with E-state index in [1.807, 2.05) is 19.9 Å². The fourth-order valence-corrected chi connectivity index (χ4v) is 7.79. The van der Waals surface area contributed by atoms with E-state index in [9.17, 15) is 9.90 Å². The van der Waals surface area contributed by atoms with Gasteiger partial charge in [0.05, 0.1) is 6.61 Å². The molecule has 5 atom stereocenters. The highest BCUT2D eigenvalue weighted by Crippen LogP contribution is 2.66. The Morgan fingerprint density at radius 3 is 2.56 bits per heavy atom. The lowest BCUT2D eigenvalue weighted by Crippen LogP contribution is -2.51. The summed E-state index contributed by atoms with van der Waals surface area (Å²) in [6.07, 6.45) is 7.89. The number of likely N-dealkylation sites (N-methyl/N-ethyl adjacent to an activating group) is 1. The number of hydrogen-bond acceptors (Lipinski definition) is 5. The quantitative estimate of drug-likeness (QED) is 0.468. The topological polar surface area (TPSA) is 59.0 Å². The van der Waals surface area contributed by atoms with Gasteiger partial charge in [0, 0.05) is 51.3 Å². The smallest absolute Gasteiger partial charge is 0.156 e. The van der Waals surface area contributed by atoms with Gasteiger partial charge in [-0.3, -0.25) is 4.79 Å². The Morgan fingerprint density at radius 1 is 1.13 bits per heavy atom. The van der Waals surface area contributed by atoms with Crippen molar-refractivity contribution in [2.45, 2.75) is 82.8 Å².